The Morgan fingerprint density at radius 3 is 2.78 bits per heavy atom. The molecule has 0 aliphatic rings. The van der Waals surface area contributed by atoms with Gasteiger partial charge in [0.15, 0.2) is 11.5 Å². The zero-order valence-corrected chi connectivity index (χ0v) is 9.79. The molecule has 0 fully saturated rings. The molecule has 18 heavy (non-hydrogen) atoms. The van der Waals surface area contributed by atoms with Crippen LogP contribution in [0.2, 0.25) is 5.02 Å². The number of hydrogen-bond donors (Lipinski definition) is 1. The monoisotopic (exact) mass is 265 g/mol. The van der Waals surface area contributed by atoms with Crippen molar-refractivity contribution >= 4 is 23.0 Å². The Morgan fingerprint density at radius 1 is 1.33 bits per heavy atom. The van der Waals surface area contributed by atoms with E-state index in [1.54, 1.807) is 6.07 Å². The van der Waals surface area contributed by atoms with Gasteiger partial charge in [0.05, 0.1) is 27.9 Å². The second-order valence-electron chi connectivity index (χ2n) is 3.39. The van der Waals surface area contributed by atoms with Crippen LogP contribution in [0, 0.1) is 10.1 Å². The maximum absolute atomic E-state index is 10.7. The van der Waals surface area contributed by atoms with E-state index in [2.05, 4.69) is 4.98 Å². The molecule has 1 heterocycles. The largest absolute Gasteiger partial charge is 0.453 e. The van der Waals surface area contributed by atoms with E-state index in [0.29, 0.717) is 11.4 Å². The lowest BCUT2D eigenvalue weighted by Gasteiger charge is -2.08. The lowest BCUT2D eigenvalue weighted by molar-refractivity contribution is -0.384. The van der Waals surface area contributed by atoms with Crippen molar-refractivity contribution < 1.29 is 9.66 Å². The molecule has 2 N–H and O–H groups in total. The minimum atomic E-state index is -0.529. The van der Waals surface area contributed by atoms with Crippen LogP contribution in [0.15, 0.2) is 36.7 Å². The third-order valence-corrected chi connectivity index (χ3v) is 2.47. The standard InChI is InChI=1S/C11H8ClN3O3/c12-8-2-1-7(15(16)17)5-11(8)18-10-3-4-14-6-9(10)13/h1-6H,13H2. The maximum atomic E-state index is 10.7. The second-order valence-corrected chi connectivity index (χ2v) is 3.79. The molecule has 1 aromatic heterocycles. The number of anilines is 1. The van der Waals surface area contributed by atoms with Gasteiger partial charge in [-0.3, -0.25) is 15.1 Å². The van der Waals surface area contributed by atoms with E-state index >= 15 is 0 Å². The summed E-state index contributed by atoms with van der Waals surface area (Å²) in [7, 11) is 0. The van der Waals surface area contributed by atoms with Crippen LogP contribution in [0.5, 0.6) is 11.5 Å². The van der Waals surface area contributed by atoms with Gasteiger partial charge in [0.2, 0.25) is 0 Å². The average molecular weight is 266 g/mol. The van der Waals surface area contributed by atoms with Gasteiger partial charge in [0.25, 0.3) is 5.69 Å². The highest BCUT2D eigenvalue weighted by Crippen LogP contribution is 2.34. The van der Waals surface area contributed by atoms with Gasteiger partial charge in [0, 0.05) is 18.3 Å². The Bertz CT molecular complexity index is 604. The summed E-state index contributed by atoms with van der Waals surface area (Å²) in [4.78, 5) is 13.9. The molecule has 92 valence electrons. The molecule has 0 unspecified atom stereocenters. The van der Waals surface area contributed by atoms with Crippen LogP contribution >= 0.6 is 11.6 Å². The van der Waals surface area contributed by atoms with Gasteiger partial charge < -0.3 is 10.5 Å². The first-order chi connectivity index (χ1) is 8.58. The summed E-state index contributed by atoms with van der Waals surface area (Å²) in [6, 6.07) is 5.48. The topological polar surface area (TPSA) is 91.3 Å². The number of pyridine rings is 1. The van der Waals surface area contributed by atoms with Crippen molar-refractivity contribution in [3.8, 4) is 11.5 Å². The highest BCUT2D eigenvalue weighted by atomic mass is 35.5. The number of nitrogens with zero attached hydrogens (tertiary/aromatic N) is 2. The molecule has 0 radical (unpaired) electrons. The number of nitro benzene ring substituents is 1. The zero-order chi connectivity index (χ0) is 13.1. The molecule has 0 bridgehead atoms. The number of hydrogen-bond acceptors (Lipinski definition) is 5. The average Bonchev–Trinajstić information content (AvgIpc) is 2.34. The van der Waals surface area contributed by atoms with Crippen LogP contribution in [0.25, 0.3) is 0 Å². The van der Waals surface area contributed by atoms with Crippen LogP contribution in [-0.4, -0.2) is 9.91 Å². The quantitative estimate of drug-likeness (QED) is 0.680. The lowest BCUT2D eigenvalue weighted by atomic mass is 10.3. The van der Waals surface area contributed by atoms with Crippen molar-refractivity contribution in [1.29, 1.82) is 0 Å². The predicted octanol–water partition coefficient (Wildman–Crippen LogP) is 3.02. The highest BCUT2D eigenvalue weighted by molar-refractivity contribution is 6.32. The fraction of sp³-hybridized carbons (Fsp3) is 0. The van der Waals surface area contributed by atoms with Crippen molar-refractivity contribution in [2.75, 3.05) is 5.73 Å². The van der Waals surface area contributed by atoms with Crippen molar-refractivity contribution in [2.24, 2.45) is 0 Å². The van der Waals surface area contributed by atoms with Crippen molar-refractivity contribution in [2.45, 2.75) is 0 Å². The molecule has 0 saturated carbocycles. The normalized spacial score (nSPS) is 10.1. The molecule has 0 saturated heterocycles. The lowest BCUT2D eigenvalue weighted by Crippen LogP contribution is -1.94. The van der Waals surface area contributed by atoms with Crippen molar-refractivity contribution in [1.82, 2.24) is 4.98 Å². The summed E-state index contributed by atoms with van der Waals surface area (Å²) < 4.78 is 5.43. The van der Waals surface area contributed by atoms with Crippen molar-refractivity contribution in [3.63, 3.8) is 0 Å². The Morgan fingerprint density at radius 2 is 2.11 bits per heavy atom. The van der Waals surface area contributed by atoms with Crippen LogP contribution in [-0.2, 0) is 0 Å². The smallest absolute Gasteiger partial charge is 0.273 e. The first-order valence-corrected chi connectivity index (χ1v) is 5.27. The first-order valence-electron chi connectivity index (χ1n) is 4.89. The van der Waals surface area contributed by atoms with E-state index in [4.69, 9.17) is 22.1 Å². The van der Waals surface area contributed by atoms with Crippen LogP contribution < -0.4 is 10.5 Å². The van der Waals surface area contributed by atoms with E-state index < -0.39 is 4.92 Å². The molecular weight excluding hydrogens is 258 g/mol. The van der Waals surface area contributed by atoms with Gasteiger partial charge in [0.1, 0.15) is 0 Å². The van der Waals surface area contributed by atoms with E-state index in [1.165, 1.54) is 30.6 Å². The summed E-state index contributed by atoms with van der Waals surface area (Å²) in [6.45, 7) is 0. The molecule has 0 aliphatic carbocycles. The van der Waals surface area contributed by atoms with Gasteiger partial charge in [-0.05, 0) is 6.07 Å². The molecule has 1 aromatic carbocycles. The third-order valence-electron chi connectivity index (χ3n) is 2.16. The number of nitrogens with two attached hydrogens (primary N) is 1. The number of non-ortho nitro benzene ring substituents is 1. The zero-order valence-electron chi connectivity index (χ0n) is 9.04. The van der Waals surface area contributed by atoms with E-state index in [-0.39, 0.29) is 16.5 Å². The van der Waals surface area contributed by atoms with Crippen molar-refractivity contribution in [3.05, 3.63) is 51.8 Å². The maximum Gasteiger partial charge on any atom is 0.273 e. The van der Waals surface area contributed by atoms with Crippen LogP contribution in [0.3, 0.4) is 0 Å². The van der Waals surface area contributed by atoms with Crippen LogP contribution in [0.4, 0.5) is 11.4 Å². The SMILES string of the molecule is Nc1cnccc1Oc1cc([N+](=O)[O-])ccc1Cl. The molecule has 0 aliphatic heterocycles. The van der Waals surface area contributed by atoms with E-state index in [0.717, 1.165) is 0 Å². The fourth-order valence-corrected chi connectivity index (χ4v) is 1.45. The first kappa shape index (κ1) is 12.1. The Kier molecular flexibility index (Phi) is 3.29. The number of benzene rings is 1. The van der Waals surface area contributed by atoms with E-state index in [9.17, 15) is 10.1 Å². The minimum Gasteiger partial charge on any atom is -0.453 e. The van der Waals surface area contributed by atoms with Gasteiger partial charge >= 0.3 is 0 Å². The van der Waals surface area contributed by atoms with Gasteiger partial charge in [-0.25, -0.2) is 0 Å². The molecule has 0 atom stereocenters. The summed E-state index contributed by atoms with van der Waals surface area (Å²) in [5, 5.41) is 10.9. The number of rotatable bonds is 3. The summed E-state index contributed by atoms with van der Waals surface area (Å²) in [5.74, 6) is 0.510. The predicted molar refractivity (Wildman–Crippen MR) is 66.8 cm³/mol. The number of nitro groups is 1. The number of nitrogen functional groups attached to an aromatic ring is 1. The Hall–Kier alpha value is -2.34. The molecule has 7 heteroatoms. The van der Waals surface area contributed by atoms with Gasteiger partial charge in [-0.1, -0.05) is 11.6 Å². The molecular formula is C11H8ClN3O3. The minimum absolute atomic E-state index is 0.109. The molecule has 0 spiro atoms. The molecule has 2 rings (SSSR count). The highest BCUT2D eigenvalue weighted by Gasteiger charge is 2.12. The van der Waals surface area contributed by atoms with E-state index in [1.807, 2.05) is 0 Å². The van der Waals surface area contributed by atoms with Gasteiger partial charge in [-0.2, -0.15) is 0 Å². The molecule has 0 amide bonds. The fourth-order valence-electron chi connectivity index (χ4n) is 1.29. The molecule has 6 nitrogen and oxygen atoms in total. The summed E-state index contributed by atoms with van der Waals surface area (Å²) in [6.07, 6.45) is 2.91. The van der Waals surface area contributed by atoms with Gasteiger partial charge in [-0.15, -0.1) is 0 Å². The number of ether oxygens (including phenoxy) is 1. The summed E-state index contributed by atoms with van der Waals surface area (Å²) >= 11 is 5.90. The second kappa shape index (κ2) is 4.89. The Labute approximate surface area is 107 Å². The third kappa shape index (κ3) is 2.49. The number of aromatic nitrogens is 1. The molecule has 2 aromatic rings. The summed E-state index contributed by atoms with van der Waals surface area (Å²) in [5.41, 5.74) is 5.86. The van der Waals surface area contributed by atoms with Crippen LogP contribution in [0.1, 0.15) is 0 Å². The Balaban J connectivity index is 2.37. The number of halogens is 1.